The van der Waals surface area contributed by atoms with Gasteiger partial charge in [0.2, 0.25) is 0 Å². The number of hydrogen-bond acceptors (Lipinski definition) is 3. The highest BCUT2D eigenvalue weighted by Crippen LogP contribution is 2.34. The lowest BCUT2D eigenvalue weighted by atomic mass is 9.97. The van der Waals surface area contributed by atoms with Crippen LogP contribution in [-0.4, -0.2) is 35.4 Å². The summed E-state index contributed by atoms with van der Waals surface area (Å²) >= 11 is 0. The molecule has 1 amide bonds. The monoisotopic (exact) mass is 348 g/mol. The lowest BCUT2D eigenvalue weighted by Gasteiger charge is -2.33. The number of esters is 1. The van der Waals surface area contributed by atoms with Gasteiger partial charge in [-0.2, -0.15) is 0 Å². The Hall–Kier alpha value is -3.08. The van der Waals surface area contributed by atoms with Gasteiger partial charge in [-0.25, -0.2) is 4.79 Å². The number of nitrogens with one attached hydrogen (secondary N) is 1. The van der Waals surface area contributed by atoms with Gasteiger partial charge in [-0.1, -0.05) is 18.2 Å². The molecule has 1 N–H and O–H groups in total. The minimum atomic E-state index is -0.405. The first kappa shape index (κ1) is 16.4. The lowest BCUT2D eigenvalue weighted by Crippen LogP contribution is -2.38. The summed E-state index contributed by atoms with van der Waals surface area (Å²) in [5, 5.41) is 1.24. The molecule has 5 heteroatoms. The number of aromatic amines is 1. The Kier molecular flexibility index (Phi) is 3.99. The number of H-pyrrole nitrogens is 1. The van der Waals surface area contributed by atoms with Crippen molar-refractivity contribution >= 4 is 22.8 Å². The van der Waals surface area contributed by atoms with Crippen LogP contribution < -0.4 is 0 Å². The number of methoxy groups -OCH3 is 1. The van der Waals surface area contributed by atoms with Crippen molar-refractivity contribution in [3.05, 3.63) is 70.9 Å². The van der Waals surface area contributed by atoms with Crippen LogP contribution in [-0.2, 0) is 11.2 Å². The first-order chi connectivity index (χ1) is 12.6. The van der Waals surface area contributed by atoms with Crippen molar-refractivity contribution in [2.45, 2.75) is 19.4 Å². The zero-order valence-corrected chi connectivity index (χ0v) is 14.8. The van der Waals surface area contributed by atoms with E-state index in [1.807, 2.05) is 24.0 Å². The van der Waals surface area contributed by atoms with E-state index < -0.39 is 5.97 Å². The van der Waals surface area contributed by atoms with Gasteiger partial charge in [-0.05, 0) is 49.2 Å². The number of ether oxygens (including phenoxy) is 1. The summed E-state index contributed by atoms with van der Waals surface area (Å²) < 4.78 is 4.70. The lowest BCUT2D eigenvalue weighted by molar-refractivity contribution is 0.0598. The normalized spacial score (nSPS) is 16.4. The maximum absolute atomic E-state index is 13.0. The molecule has 2 aromatic carbocycles. The SMILES string of the molecule is COC(=O)c1ccc(C(=O)N2CCc3c([nH]c4ccccc34)C2C)cc1. The Morgan fingerprint density at radius 1 is 1.08 bits per heavy atom. The highest BCUT2D eigenvalue weighted by Gasteiger charge is 2.30. The number of hydrogen-bond donors (Lipinski definition) is 1. The molecule has 1 atom stereocenters. The van der Waals surface area contributed by atoms with Gasteiger partial charge in [-0.3, -0.25) is 4.79 Å². The molecule has 1 aliphatic rings. The van der Waals surface area contributed by atoms with Crippen LogP contribution >= 0.6 is 0 Å². The van der Waals surface area contributed by atoms with Gasteiger partial charge in [0, 0.05) is 28.7 Å². The van der Waals surface area contributed by atoms with Crippen molar-refractivity contribution < 1.29 is 14.3 Å². The third kappa shape index (κ3) is 2.56. The van der Waals surface area contributed by atoms with Crippen molar-refractivity contribution in [1.82, 2.24) is 9.88 Å². The van der Waals surface area contributed by atoms with Crippen LogP contribution in [0, 0.1) is 0 Å². The second kappa shape index (κ2) is 6.33. The Bertz CT molecular complexity index is 988. The molecule has 0 spiro atoms. The largest absolute Gasteiger partial charge is 0.465 e. The standard InChI is InChI=1S/C21H20N2O3/c1-13-19-17(16-5-3-4-6-18(16)22-19)11-12-23(13)20(24)14-7-9-15(10-8-14)21(25)26-2/h3-10,13,22H,11-12H2,1-2H3. The van der Waals surface area contributed by atoms with Crippen molar-refractivity contribution in [3.63, 3.8) is 0 Å². The number of carbonyl (C=O) groups is 2. The number of aromatic nitrogens is 1. The molecule has 2 heterocycles. The fourth-order valence-corrected chi connectivity index (χ4v) is 3.74. The van der Waals surface area contributed by atoms with Crippen LogP contribution in [0.1, 0.15) is 44.9 Å². The summed E-state index contributed by atoms with van der Waals surface area (Å²) in [6.07, 6.45) is 0.829. The van der Waals surface area contributed by atoms with Crippen molar-refractivity contribution in [1.29, 1.82) is 0 Å². The van der Waals surface area contributed by atoms with Crippen LogP contribution in [0.25, 0.3) is 10.9 Å². The minimum Gasteiger partial charge on any atom is -0.465 e. The topological polar surface area (TPSA) is 62.4 Å². The summed E-state index contributed by atoms with van der Waals surface area (Å²) in [6.45, 7) is 2.72. The Morgan fingerprint density at radius 2 is 1.77 bits per heavy atom. The van der Waals surface area contributed by atoms with E-state index in [0.29, 0.717) is 17.7 Å². The number of benzene rings is 2. The van der Waals surface area contributed by atoms with Crippen molar-refractivity contribution in [2.75, 3.05) is 13.7 Å². The molecule has 132 valence electrons. The molecule has 0 fully saturated rings. The molecule has 5 nitrogen and oxygen atoms in total. The maximum atomic E-state index is 13.0. The summed E-state index contributed by atoms with van der Waals surface area (Å²) in [6, 6.07) is 14.8. The molecule has 0 radical (unpaired) electrons. The molecule has 4 rings (SSSR count). The molecule has 1 unspecified atom stereocenters. The van der Waals surface area contributed by atoms with E-state index in [9.17, 15) is 9.59 Å². The first-order valence-corrected chi connectivity index (χ1v) is 8.69. The molecular weight excluding hydrogens is 328 g/mol. The Labute approximate surface area is 151 Å². The smallest absolute Gasteiger partial charge is 0.337 e. The van der Waals surface area contributed by atoms with E-state index in [2.05, 4.69) is 17.1 Å². The third-order valence-electron chi connectivity index (χ3n) is 5.15. The van der Waals surface area contributed by atoms with Crippen molar-refractivity contribution in [3.8, 4) is 0 Å². The molecule has 0 saturated heterocycles. The molecule has 26 heavy (non-hydrogen) atoms. The Morgan fingerprint density at radius 3 is 2.50 bits per heavy atom. The zero-order valence-electron chi connectivity index (χ0n) is 14.8. The number of fused-ring (bicyclic) bond motifs is 3. The van der Waals surface area contributed by atoms with E-state index in [4.69, 9.17) is 4.74 Å². The highest BCUT2D eigenvalue weighted by molar-refractivity contribution is 5.97. The zero-order chi connectivity index (χ0) is 18.3. The predicted octanol–water partition coefficient (Wildman–Crippen LogP) is 3.71. The van der Waals surface area contributed by atoms with Gasteiger partial charge < -0.3 is 14.6 Å². The number of carbonyl (C=O) groups excluding carboxylic acids is 2. The van der Waals surface area contributed by atoms with Crippen LogP contribution in [0.15, 0.2) is 48.5 Å². The number of amides is 1. The van der Waals surface area contributed by atoms with E-state index in [1.165, 1.54) is 18.1 Å². The third-order valence-corrected chi connectivity index (χ3v) is 5.15. The van der Waals surface area contributed by atoms with Crippen LogP contribution in [0.4, 0.5) is 0 Å². The summed E-state index contributed by atoms with van der Waals surface area (Å²) in [7, 11) is 1.34. The second-order valence-corrected chi connectivity index (χ2v) is 6.56. The van der Waals surface area contributed by atoms with Crippen LogP contribution in [0.2, 0.25) is 0 Å². The average Bonchev–Trinajstić information content (AvgIpc) is 3.07. The Balaban J connectivity index is 1.62. The van der Waals surface area contributed by atoms with Crippen molar-refractivity contribution in [2.24, 2.45) is 0 Å². The molecule has 1 aliphatic heterocycles. The summed E-state index contributed by atoms with van der Waals surface area (Å²) in [4.78, 5) is 29.9. The van der Waals surface area contributed by atoms with Gasteiger partial charge in [0.1, 0.15) is 0 Å². The molecule has 0 saturated carbocycles. The molecule has 3 aromatic rings. The second-order valence-electron chi connectivity index (χ2n) is 6.56. The van der Waals surface area contributed by atoms with Gasteiger partial charge in [-0.15, -0.1) is 0 Å². The minimum absolute atomic E-state index is 0.0288. The average molecular weight is 348 g/mol. The molecule has 1 aromatic heterocycles. The van der Waals surface area contributed by atoms with Gasteiger partial charge in [0.15, 0.2) is 0 Å². The van der Waals surface area contributed by atoms with E-state index in [1.54, 1.807) is 24.3 Å². The van der Waals surface area contributed by atoms with E-state index in [-0.39, 0.29) is 11.9 Å². The quantitative estimate of drug-likeness (QED) is 0.718. The fourth-order valence-electron chi connectivity index (χ4n) is 3.74. The molecule has 0 aliphatic carbocycles. The van der Waals surface area contributed by atoms with Gasteiger partial charge >= 0.3 is 5.97 Å². The summed E-state index contributed by atoms with van der Waals surface area (Å²) in [5.41, 5.74) is 4.54. The number of para-hydroxylation sites is 1. The number of nitrogens with zero attached hydrogens (tertiary/aromatic N) is 1. The van der Waals surface area contributed by atoms with Crippen LogP contribution in [0.3, 0.4) is 0 Å². The molecule has 0 bridgehead atoms. The van der Waals surface area contributed by atoms with E-state index in [0.717, 1.165) is 17.6 Å². The summed E-state index contributed by atoms with van der Waals surface area (Å²) in [5.74, 6) is -0.434. The van der Waals surface area contributed by atoms with E-state index >= 15 is 0 Å². The fraction of sp³-hybridized carbons (Fsp3) is 0.238. The highest BCUT2D eigenvalue weighted by atomic mass is 16.5. The molecular formula is C21H20N2O3. The van der Waals surface area contributed by atoms with Gasteiger partial charge in [0.25, 0.3) is 5.91 Å². The van der Waals surface area contributed by atoms with Gasteiger partial charge in [0.05, 0.1) is 18.7 Å². The van der Waals surface area contributed by atoms with Crippen LogP contribution in [0.5, 0.6) is 0 Å². The first-order valence-electron chi connectivity index (χ1n) is 8.69. The predicted molar refractivity (Wildman–Crippen MR) is 99.2 cm³/mol. The number of rotatable bonds is 2. The maximum Gasteiger partial charge on any atom is 0.337 e.